The highest BCUT2D eigenvalue weighted by atomic mass is 79.9. The molecule has 0 radical (unpaired) electrons. The van der Waals surface area contributed by atoms with E-state index >= 15 is 0 Å². The lowest BCUT2D eigenvalue weighted by atomic mass is 10.1. The molecule has 0 bridgehead atoms. The Morgan fingerprint density at radius 3 is 2.62 bits per heavy atom. The number of methoxy groups -OCH3 is 1. The van der Waals surface area contributed by atoms with Crippen LogP contribution < -0.4 is 0 Å². The first kappa shape index (κ1) is 13.4. The Morgan fingerprint density at radius 1 is 1.62 bits per heavy atom. The average Bonchev–Trinajstić information content (AvgIpc) is 2.47. The number of carbonyl (C=O) groups is 1. The number of nitrogens with zero attached hydrogens (tertiary/aromatic N) is 2. The predicted molar refractivity (Wildman–Crippen MR) is 65.4 cm³/mol. The van der Waals surface area contributed by atoms with E-state index in [1.54, 1.807) is 11.8 Å². The number of ketones is 1. The van der Waals surface area contributed by atoms with Gasteiger partial charge in [0, 0.05) is 14.2 Å². The van der Waals surface area contributed by atoms with Crippen molar-refractivity contribution in [1.82, 2.24) is 9.78 Å². The van der Waals surface area contributed by atoms with E-state index in [1.165, 1.54) is 0 Å². The fraction of sp³-hybridized carbons (Fsp3) is 0.636. The maximum atomic E-state index is 11.9. The number of halogens is 1. The second-order valence-electron chi connectivity index (χ2n) is 3.75. The van der Waals surface area contributed by atoms with E-state index < -0.39 is 0 Å². The van der Waals surface area contributed by atoms with Crippen LogP contribution in [0.2, 0.25) is 0 Å². The molecule has 16 heavy (non-hydrogen) atoms. The normalized spacial score (nSPS) is 12.8. The minimum absolute atomic E-state index is 0.0914. The van der Waals surface area contributed by atoms with Gasteiger partial charge in [-0.25, -0.2) is 0 Å². The van der Waals surface area contributed by atoms with Gasteiger partial charge in [-0.2, -0.15) is 5.10 Å². The van der Waals surface area contributed by atoms with E-state index in [0.717, 1.165) is 15.9 Å². The smallest absolute Gasteiger partial charge is 0.167 e. The highest BCUT2D eigenvalue weighted by molar-refractivity contribution is 9.10. The minimum atomic E-state index is -0.317. The quantitative estimate of drug-likeness (QED) is 0.833. The molecule has 0 aliphatic rings. The van der Waals surface area contributed by atoms with Gasteiger partial charge in [-0.05, 0) is 29.3 Å². The van der Waals surface area contributed by atoms with Gasteiger partial charge in [-0.3, -0.25) is 9.48 Å². The maximum Gasteiger partial charge on any atom is 0.167 e. The molecule has 0 aromatic carbocycles. The van der Waals surface area contributed by atoms with E-state index in [-0.39, 0.29) is 11.9 Å². The molecule has 0 aliphatic carbocycles. The molecular formula is C11H17BrN2O2. The van der Waals surface area contributed by atoms with Crippen LogP contribution >= 0.6 is 15.9 Å². The summed E-state index contributed by atoms with van der Waals surface area (Å²) in [7, 11) is 3.41. The van der Waals surface area contributed by atoms with E-state index in [0.29, 0.717) is 12.8 Å². The van der Waals surface area contributed by atoms with E-state index in [2.05, 4.69) is 21.0 Å². The van der Waals surface area contributed by atoms with Crippen LogP contribution in [0.1, 0.15) is 24.7 Å². The van der Waals surface area contributed by atoms with Crippen LogP contribution in [0.25, 0.3) is 0 Å². The molecule has 0 saturated heterocycles. The summed E-state index contributed by atoms with van der Waals surface area (Å²) < 4.78 is 7.77. The Kier molecular flexibility index (Phi) is 4.68. The van der Waals surface area contributed by atoms with E-state index in [1.807, 2.05) is 20.9 Å². The molecular weight excluding hydrogens is 272 g/mol. The van der Waals surface area contributed by atoms with Crippen LogP contribution in [0, 0.1) is 6.92 Å². The molecule has 1 atom stereocenters. The zero-order chi connectivity index (χ0) is 12.3. The second kappa shape index (κ2) is 5.59. The van der Waals surface area contributed by atoms with Gasteiger partial charge in [0.2, 0.25) is 0 Å². The fourth-order valence-electron chi connectivity index (χ4n) is 1.68. The number of hydrogen-bond acceptors (Lipinski definition) is 3. The van der Waals surface area contributed by atoms with Crippen molar-refractivity contribution in [3.8, 4) is 0 Å². The Morgan fingerprint density at radius 2 is 2.25 bits per heavy atom. The van der Waals surface area contributed by atoms with Crippen molar-refractivity contribution < 1.29 is 9.53 Å². The van der Waals surface area contributed by atoms with Crippen molar-refractivity contribution in [3.05, 3.63) is 15.9 Å². The van der Waals surface area contributed by atoms with Crippen molar-refractivity contribution in [2.75, 3.05) is 7.11 Å². The molecule has 0 fully saturated rings. The van der Waals surface area contributed by atoms with Gasteiger partial charge in [0.15, 0.2) is 5.78 Å². The van der Waals surface area contributed by atoms with Crippen LogP contribution in [0.15, 0.2) is 4.47 Å². The van der Waals surface area contributed by atoms with Gasteiger partial charge in [0.05, 0.1) is 22.3 Å². The molecule has 1 rings (SSSR count). The Balaban J connectivity index is 2.84. The molecule has 4 nitrogen and oxygen atoms in total. The van der Waals surface area contributed by atoms with E-state index in [4.69, 9.17) is 4.74 Å². The first-order chi connectivity index (χ1) is 7.51. The molecule has 0 N–H and O–H groups in total. The van der Waals surface area contributed by atoms with Crippen LogP contribution in [-0.4, -0.2) is 28.8 Å². The van der Waals surface area contributed by atoms with Crippen LogP contribution in [0.3, 0.4) is 0 Å². The van der Waals surface area contributed by atoms with Crippen molar-refractivity contribution in [2.24, 2.45) is 7.05 Å². The third-order valence-corrected chi connectivity index (χ3v) is 3.65. The molecule has 1 aromatic rings. The number of aryl methyl sites for hydroxylation is 2. The number of aromatic nitrogens is 2. The van der Waals surface area contributed by atoms with Gasteiger partial charge in [0.25, 0.3) is 0 Å². The lowest BCUT2D eigenvalue weighted by molar-refractivity contribution is -0.128. The number of hydrogen-bond donors (Lipinski definition) is 0. The largest absolute Gasteiger partial charge is 0.374 e. The standard InChI is InChI=1S/C11H17BrN2O2/c1-5-10(16-4)9(15)6-8-11(12)7(2)13-14(8)3/h10H,5-6H2,1-4H3. The first-order valence-corrected chi connectivity index (χ1v) is 6.04. The zero-order valence-corrected chi connectivity index (χ0v) is 11.7. The highest BCUT2D eigenvalue weighted by Crippen LogP contribution is 2.21. The molecule has 1 unspecified atom stereocenters. The summed E-state index contributed by atoms with van der Waals surface area (Å²) >= 11 is 3.45. The minimum Gasteiger partial charge on any atom is -0.374 e. The number of carbonyl (C=O) groups excluding carboxylic acids is 1. The third-order valence-electron chi connectivity index (χ3n) is 2.62. The fourth-order valence-corrected chi connectivity index (χ4v) is 2.15. The van der Waals surface area contributed by atoms with Gasteiger partial charge in [-0.1, -0.05) is 6.92 Å². The number of rotatable bonds is 5. The van der Waals surface area contributed by atoms with Crippen LogP contribution in [0.5, 0.6) is 0 Å². The Labute approximate surface area is 104 Å². The van der Waals surface area contributed by atoms with E-state index in [9.17, 15) is 4.79 Å². The maximum absolute atomic E-state index is 11.9. The van der Waals surface area contributed by atoms with Crippen molar-refractivity contribution in [2.45, 2.75) is 32.8 Å². The molecule has 90 valence electrons. The summed E-state index contributed by atoms with van der Waals surface area (Å²) in [4.78, 5) is 11.9. The predicted octanol–water partition coefficient (Wildman–Crippen LogP) is 2.03. The molecule has 1 aromatic heterocycles. The van der Waals surface area contributed by atoms with Crippen molar-refractivity contribution >= 4 is 21.7 Å². The summed E-state index contributed by atoms with van der Waals surface area (Å²) in [6.07, 6.45) is 0.732. The van der Waals surface area contributed by atoms with Gasteiger partial charge >= 0.3 is 0 Å². The summed E-state index contributed by atoms with van der Waals surface area (Å²) in [6, 6.07) is 0. The molecule has 0 amide bonds. The second-order valence-corrected chi connectivity index (χ2v) is 4.54. The SMILES string of the molecule is CCC(OC)C(=O)Cc1c(Br)c(C)nn1C. The highest BCUT2D eigenvalue weighted by Gasteiger charge is 2.20. The van der Waals surface area contributed by atoms with Crippen molar-refractivity contribution in [3.63, 3.8) is 0 Å². The summed E-state index contributed by atoms with van der Waals surface area (Å²) in [5, 5.41) is 4.25. The van der Waals surface area contributed by atoms with Gasteiger partial charge in [0.1, 0.15) is 6.10 Å². The van der Waals surface area contributed by atoms with Gasteiger partial charge in [-0.15, -0.1) is 0 Å². The van der Waals surface area contributed by atoms with Gasteiger partial charge < -0.3 is 4.74 Å². The third kappa shape index (κ3) is 2.71. The molecule has 0 spiro atoms. The lowest BCUT2D eigenvalue weighted by Crippen LogP contribution is -2.24. The Hall–Kier alpha value is -0.680. The van der Waals surface area contributed by atoms with Crippen LogP contribution in [-0.2, 0) is 23.0 Å². The first-order valence-electron chi connectivity index (χ1n) is 5.24. The van der Waals surface area contributed by atoms with Crippen molar-refractivity contribution in [1.29, 1.82) is 0 Å². The summed E-state index contributed by atoms with van der Waals surface area (Å²) in [6.45, 7) is 3.85. The molecule has 0 saturated carbocycles. The molecule has 1 heterocycles. The summed E-state index contributed by atoms with van der Waals surface area (Å²) in [5.74, 6) is 0.0914. The summed E-state index contributed by atoms with van der Waals surface area (Å²) in [5.41, 5.74) is 1.80. The average molecular weight is 289 g/mol. The monoisotopic (exact) mass is 288 g/mol. The molecule has 0 aliphatic heterocycles. The topological polar surface area (TPSA) is 44.1 Å². The Bertz CT molecular complexity index is 384. The lowest BCUT2D eigenvalue weighted by Gasteiger charge is -2.11. The van der Waals surface area contributed by atoms with Crippen LogP contribution in [0.4, 0.5) is 0 Å². The zero-order valence-electron chi connectivity index (χ0n) is 10.1. The number of ether oxygens (including phenoxy) is 1. The number of Topliss-reactive ketones (excluding diaryl/α,β-unsaturated/α-hetero) is 1. The molecule has 5 heteroatoms.